The van der Waals surface area contributed by atoms with Crippen LogP contribution < -0.4 is 11.1 Å². The molecule has 0 aliphatic rings. The number of hydrogen-bond donors (Lipinski definition) is 2. The molecule has 4 rings (SSSR count). The summed E-state index contributed by atoms with van der Waals surface area (Å²) in [5.74, 6) is 0.896. The zero-order chi connectivity index (χ0) is 22.5. The summed E-state index contributed by atoms with van der Waals surface area (Å²) in [6.07, 6.45) is 5.74. The highest BCUT2D eigenvalue weighted by Crippen LogP contribution is 2.45. The number of pyridine rings is 1. The number of thiophene rings is 1. The van der Waals surface area contributed by atoms with Crippen molar-refractivity contribution >= 4 is 56.2 Å². The fraction of sp³-hybridized carbons (Fsp3) is 0.208. The number of fused-ring (bicyclic) bond motifs is 1. The Morgan fingerprint density at radius 1 is 1.34 bits per heavy atom. The Morgan fingerprint density at radius 3 is 2.97 bits per heavy atom. The first kappa shape index (κ1) is 22.5. The third-order valence-electron chi connectivity index (χ3n) is 4.89. The number of nitrogens with two attached hydrogens (primary N) is 1. The van der Waals surface area contributed by atoms with E-state index in [-0.39, 0.29) is 5.91 Å². The van der Waals surface area contributed by atoms with Crippen LogP contribution in [0.3, 0.4) is 0 Å². The summed E-state index contributed by atoms with van der Waals surface area (Å²) < 4.78 is 1.10. The molecule has 4 aromatic rings. The van der Waals surface area contributed by atoms with Crippen LogP contribution in [0.4, 0.5) is 5.69 Å². The van der Waals surface area contributed by atoms with E-state index in [1.807, 2.05) is 35.7 Å². The van der Waals surface area contributed by atoms with Gasteiger partial charge in [-0.2, -0.15) is 0 Å². The summed E-state index contributed by atoms with van der Waals surface area (Å²) in [5, 5.41) is 6.59. The summed E-state index contributed by atoms with van der Waals surface area (Å²) in [5.41, 5.74) is 10.7. The summed E-state index contributed by atoms with van der Waals surface area (Å²) in [7, 11) is 0. The number of nitrogens with one attached hydrogen (secondary N) is 1. The average molecular weight is 481 g/mol. The number of nitrogen functional groups attached to an aromatic ring is 1. The molecule has 32 heavy (non-hydrogen) atoms. The van der Waals surface area contributed by atoms with Gasteiger partial charge in [0.15, 0.2) is 0 Å². The number of unbranched alkanes of at least 4 members (excludes halogenated alkanes) is 1. The molecule has 0 aliphatic heterocycles. The first-order valence-corrected chi connectivity index (χ1v) is 13.1. The summed E-state index contributed by atoms with van der Waals surface area (Å²) >= 11 is 4.97. The van der Waals surface area contributed by atoms with Crippen molar-refractivity contribution in [2.24, 2.45) is 0 Å². The van der Waals surface area contributed by atoms with E-state index in [2.05, 4.69) is 23.8 Å². The normalized spacial score (nSPS) is 11.0. The van der Waals surface area contributed by atoms with Crippen LogP contribution >= 0.6 is 34.4 Å². The number of carbonyl (C=O) groups is 1. The topological polar surface area (TPSA) is 80.9 Å². The largest absolute Gasteiger partial charge is 0.397 e. The number of amides is 1. The van der Waals surface area contributed by atoms with Crippen LogP contribution in [0.25, 0.3) is 32.0 Å². The second-order valence-corrected chi connectivity index (χ2v) is 10.4. The minimum absolute atomic E-state index is 0.133. The van der Waals surface area contributed by atoms with Crippen molar-refractivity contribution in [1.82, 2.24) is 15.3 Å². The first-order valence-electron chi connectivity index (χ1n) is 10.4. The number of thioether (sulfide) groups is 1. The van der Waals surface area contributed by atoms with E-state index < -0.39 is 0 Å². The predicted molar refractivity (Wildman–Crippen MR) is 139 cm³/mol. The zero-order valence-corrected chi connectivity index (χ0v) is 20.2. The number of thiazole rings is 1. The number of benzene rings is 1. The highest BCUT2D eigenvalue weighted by atomic mass is 32.2. The molecule has 5 nitrogen and oxygen atoms in total. The Bertz CT molecular complexity index is 1250. The zero-order valence-electron chi connectivity index (χ0n) is 17.8. The highest BCUT2D eigenvalue weighted by Gasteiger charge is 2.19. The molecule has 1 amide bonds. The smallest absolute Gasteiger partial charge is 0.251 e. The van der Waals surface area contributed by atoms with Gasteiger partial charge in [0, 0.05) is 29.1 Å². The van der Waals surface area contributed by atoms with Crippen LogP contribution in [0.15, 0.2) is 58.8 Å². The SMILES string of the molecule is C=CCNC(=O)c1cccc(-c2cc(-c3nccs3)nc3sc(SCCCC)c(N)c23)c1. The minimum Gasteiger partial charge on any atom is -0.397 e. The summed E-state index contributed by atoms with van der Waals surface area (Å²) in [4.78, 5) is 22.8. The molecule has 0 atom stereocenters. The van der Waals surface area contributed by atoms with Gasteiger partial charge in [-0.15, -0.1) is 41.0 Å². The molecule has 0 saturated heterocycles. The van der Waals surface area contributed by atoms with Gasteiger partial charge < -0.3 is 11.1 Å². The molecular weight excluding hydrogens is 456 g/mol. The van der Waals surface area contributed by atoms with Gasteiger partial charge in [-0.05, 0) is 41.5 Å². The highest BCUT2D eigenvalue weighted by molar-refractivity contribution is 8.01. The Hall–Kier alpha value is -2.68. The third-order valence-corrected chi connectivity index (χ3v) is 8.16. The molecule has 3 aromatic heterocycles. The van der Waals surface area contributed by atoms with Gasteiger partial charge in [-0.25, -0.2) is 9.97 Å². The lowest BCUT2D eigenvalue weighted by atomic mass is 9.99. The van der Waals surface area contributed by atoms with Gasteiger partial charge >= 0.3 is 0 Å². The van der Waals surface area contributed by atoms with Crippen LogP contribution in [0.5, 0.6) is 0 Å². The Morgan fingerprint density at radius 2 is 2.22 bits per heavy atom. The average Bonchev–Trinajstić information content (AvgIpc) is 3.46. The van der Waals surface area contributed by atoms with Crippen molar-refractivity contribution in [3.05, 3.63) is 60.1 Å². The van der Waals surface area contributed by atoms with Crippen molar-refractivity contribution in [1.29, 1.82) is 0 Å². The second-order valence-electron chi connectivity index (χ2n) is 7.16. The fourth-order valence-electron chi connectivity index (χ4n) is 3.30. The van der Waals surface area contributed by atoms with Crippen LogP contribution in [-0.2, 0) is 0 Å². The standard InChI is InChI=1S/C24H24N4OS3/c1-3-5-11-31-24-20(25)19-17(14-18(28-23(19)32-24)22-27-10-12-30-22)15-7-6-8-16(13-15)21(29)26-9-4-2/h4,6-8,10,12-14H,2-3,5,9,11,25H2,1H3,(H,26,29). The minimum atomic E-state index is -0.133. The molecular formula is C24H24N4OS3. The lowest BCUT2D eigenvalue weighted by Crippen LogP contribution is -2.23. The third kappa shape index (κ3) is 4.72. The number of hydrogen-bond acceptors (Lipinski definition) is 7. The lowest BCUT2D eigenvalue weighted by Gasteiger charge is -2.09. The van der Waals surface area contributed by atoms with E-state index in [1.165, 1.54) is 0 Å². The first-order chi connectivity index (χ1) is 15.6. The van der Waals surface area contributed by atoms with E-state index in [0.29, 0.717) is 12.1 Å². The van der Waals surface area contributed by atoms with Gasteiger partial charge in [0.05, 0.1) is 9.90 Å². The number of nitrogens with zero attached hydrogens (tertiary/aromatic N) is 2. The van der Waals surface area contributed by atoms with E-state index in [9.17, 15) is 4.79 Å². The molecule has 0 spiro atoms. The van der Waals surface area contributed by atoms with Crippen molar-refractivity contribution in [3.8, 4) is 21.8 Å². The van der Waals surface area contributed by atoms with Crippen molar-refractivity contribution in [3.63, 3.8) is 0 Å². The molecule has 0 unspecified atom stereocenters. The summed E-state index contributed by atoms with van der Waals surface area (Å²) in [6.45, 7) is 6.27. The Balaban J connectivity index is 1.85. The van der Waals surface area contributed by atoms with Gasteiger partial charge in [-0.3, -0.25) is 4.79 Å². The molecule has 8 heteroatoms. The number of aromatic nitrogens is 2. The molecule has 1 aromatic carbocycles. The van der Waals surface area contributed by atoms with Crippen LogP contribution in [0, 0.1) is 0 Å². The van der Waals surface area contributed by atoms with Crippen LogP contribution in [0.1, 0.15) is 30.1 Å². The Labute approximate surface area is 199 Å². The molecule has 0 bridgehead atoms. The molecule has 0 saturated carbocycles. The number of carbonyl (C=O) groups excluding carboxylic acids is 1. The predicted octanol–water partition coefficient (Wildman–Crippen LogP) is 6.48. The number of anilines is 1. The van der Waals surface area contributed by atoms with E-state index >= 15 is 0 Å². The maximum atomic E-state index is 12.5. The quantitative estimate of drug-likeness (QED) is 0.163. The van der Waals surface area contributed by atoms with Crippen LogP contribution in [0.2, 0.25) is 0 Å². The summed E-state index contributed by atoms with van der Waals surface area (Å²) in [6, 6.07) is 9.65. The van der Waals surface area contributed by atoms with E-state index in [0.717, 1.165) is 60.5 Å². The lowest BCUT2D eigenvalue weighted by molar-refractivity contribution is 0.0958. The van der Waals surface area contributed by atoms with Crippen molar-refractivity contribution < 1.29 is 4.79 Å². The van der Waals surface area contributed by atoms with Gasteiger partial charge in [0.2, 0.25) is 0 Å². The maximum Gasteiger partial charge on any atom is 0.251 e. The van der Waals surface area contributed by atoms with Gasteiger partial charge in [-0.1, -0.05) is 31.6 Å². The van der Waals surface area contributed by atoms with Crippen LogP contribution in [-0.4, -0.2) is 28.2 Å². The number of rotatable bonds is 9. The fourth-order valence-corrected chi connectivity index (χ4v) is 6.35. The van der Waals surface area contributed by atoms with E-state index in [4.69, 9.17) is 10.7 Å². The Kier molecular flexibility index (Phi) is 7.24. The molecule has 164 valence electrons. The van der Waals surface area contributed by atoms with Gasteiger partial charge in [0.1, 0.15) is 15.5 Å². The molecule has 3 N–H and O–H groups in total. The van der Waals surface area contributed by atoms with E-state index in [1.54, 1.807) is 46.7 Å². The monoisotopic (exact) mass is 480 g/mol. The van der Waals surface area contributed by atoms with Gasteiger partial charge in [0.25, 0.3) is 5.91 Å². The second kappa shape index (κ2) is 10.3. The maximum absolute atomic E-state index is 12.5. The van der Waals surface area contributed by atoms with Crippen molar-refractivity contribution in [2.75, 3.05) is 18.0 Å². The van der Waals surface area contributed by atoms with Crippen molar-refractivity contribution in [2.45, 2.75) is 24.0 Å². The molecule has 0 radical (unpaired) electrons. The molecule has 0 aliphatic carbocycles. The molecule has 0 fully saturated rings. The molecule has 3 heterocycles.